The van der Waals surface area contributed by atoms with Crippen molar-refractivity contribution >= 4 is 32.7 Å². The van der Waals surface area contributed by atoms with Crippen LogP contribution in [0.15, 0.2) is 35.3 Å². The lowest BCUT2D eigenvalue weighted by Crippen LogP contribution is -2.47. The van der Waals surface area contributed by atoms with E-state index in [-0.39, 0.29) is 35.3 Å². The molecule has 2 heterocycles. The average Bonchev–Trinajstić information content (AvgIpc) is 3.40. The van der Waals surface area contributed by atoms with Crippen molar-refractivity contribution in [3.8, 4) is 5.75 Å². The summed E-state index contributed by atoms with van der Waals surface area (Å²) in [6, 6.07) is 9.51. The molecule has 1 amide bonds. The Bertz CT molecular complexity index is 902. The van der Waals surface area contributed by atoms with E-state index >= 15 is 0 Å². The van der Waals surface area contributed by atoms with Crippen LogP contribution in [0.25, 0.3) is 0 Å². The molecule has 2 bridgehead atoms. The third kappa shape index (κ3) is 3.45. The first-order valence-corrected chi connectivity index (χ1v) is 12.6. The summed E-state index contributed by atoms with van der Waals surface area (Å²) in [5, 5.41) is 0.704. The summed E-state index contributed by atoms with van der Waals surface area (Å²) in [6.45, 7) is -0.105. The van der Waals surface area contributed by atoms with Crippen LogP contribution in [-0.4, -0.2) is 59.8 Å². The van der Waals surface area contributed by atoms with Crippen molar-refractivity contribution in [1.29, 1.82) is 0 Å². The van der Waals surface area contributed by atoms with Crippen molar-refractivity contribution in [2.24, 2.45) is 16.8 Å². The number of fused-ring (bicyclic) bond motifs is 3. The number of amidine groups is 1. The number of carbonyl (C=O) groups is 1. The Balaban J connectivity index is 1.35. The van der Waals surface area contributed by atoms with Crippen molar-refractivity contribution in [3.05, 3.63) is 30.3 Å². The van der Waals surface area contributed by atoms with Gasteiger partial charge in [-0.1, -0.05) is 36.4 Å². The van der Waals surface area contributed by atoms with Gasteiger partial charge in [0.05, 0.1) is 17.5 Å². The van der Waals surface area contributed by atoms with Gasteiger partial charge in [-0.05, 0) is 43.2 Å². The first-order chi connectivity index (χ1) is 13.5. The number of sulfone groups is 1. The minimum Gasteiger partial charge on any atom is -0.484 e. The van der Waals surface area contributed by atoms with Crippen molar-refractivity contribution in [2.45, 2.75) is 43.0 Å². The first-order valence-electron chi connectivity index (χ1n) is 9.93. The van der Waals surface area contributed by atoms with E-state index in [0.29, 0.717) is 22.9 Å². The second-order valence-corrected chi connectivity index (χ2v) is 11.7. The number of hydrogen-bond donors (Lipinski definition) is 0. The van der Waals surface area contributed by atoms with Crippen LogP contribution in [0.2, 0.25) is 0 Å². The number of benzene rings is 1. The number of hydrogen-bond acceptors (Lipinski definition) is 5. The van der Waals surface area contributed by atoms with Crippen molar-refractivity contribution in [2.75, 3.05) is 18.1 Å². The normalized spacial score (nSPS) is 36.8. The molecule has 0 unspecified atom stereocenters. The molecule has 0 aromatic heterocycles. The summed E-state index contributed by atoms with van der Waals surface area (Å²) in [5.74, 6) is 2.05. The Kier molecular flexibility index (Phi) is 4.66. The van der Waals surface area contributed by atoms with E-state index in [2.05, 4.69) is 9.89 Å². The number of carbonyl (C=O) groups excluding carboxylic acids is 1. The molecule has 5 atom stereocenters. The molecule has 6 nitrogen and oxygen atoms in total. The van der Waals surface area contributed by atoms with Crippen LogP contribution in [0.3, 0.4) is 0 Å². The van der Waals surface area contributed by atoms with Gasteiger partial charge in [-0.15, -0.1) is 0 Å². The maximum Gasteiger partial charge on any atom is 0.285 e. The van der Waals surface area contributed by atoms with E-state index in [1.807, 2.05) is 30.3 Å². The lowest BCUT2D eigenvalue weighted by Gasteiger charge is -2.36. The second-order valence-electron chi connectivity index (χ2n) is 8.34. The summed E-state index contributed by atoms with van der Waals surface area (Å²) in [5.41, 5.74) is 0. The molecule has 2 aliphatic heterocycles. The average molecular weight is 421 g/mol. The van der Waals surface area contributed by atoms with Gasteiger partial charge >= 0.3 is 0 Å². The van der Waals surface area contributed by atoms with Gasteiger partial charge in [0.25, 0.3) is 5.91 Å². The molecular weight excluding hydrogens is 396 g/mol. The van der Waals surface area contributed by atoms with E-state index in [9.17, 15) is 13.2 Å². The van der Waals surface area contributed by atoms with Gasteiger partial charge in [-0.25, -0.2) is 8.42 Å². The van der Waals surface area contributed by atoms with Crippen molar-refractivity contribution in [1.82, 2.24) is 4.90 Å². The highest BCUT2D eigenvalue weighted by Crippen LogP contribution is 2.51. The number of nitrogens with zero attached hydrogens (tertiary/aromatic N) is 2. The molecule has 2 saturated heterocycles. The van der Waals surface area contributed by atoms with Crippen LogP contribution in [0.4, 0.5) is 0 Å². The number of thioether (sulfide) groups is 1. The zero-order valence-corrected chi connectivity index (χ0v) is 17.2. The Hall–Kier alpha value is -1.54. The lowest BCUT2D eigenvalue weighted by molar-refractivity contribution is -0.119. The maximum atomic E-state index is 12.5. The van der Waals surface area contributed by atoms with E-state index in [1.165, 1.54) is 31.0 Å². The fourth-order valence-electron chi connectivity index (χ4n) is 5.33. The van der Waals surface area contributed by atoms with Gasteiger partial charge in [0.15, 0.2) is 21.6 Å². The summed E-state index contributed by atoms with van der Waals surface area (Å²) in [7, 11) is -3.01. The quantitative estimate of drug-likeness (QED) is 0.744. The molecule has 4 fully saturated rings. The van der Waals surface area contributed by atoms with E-state index < -0.39 is 9.84 Å². The van der Waals surface area contributed by atoms with Gasteiger partial charge < -0.3 is 9.64 Å². The van der Waals surface area contributed by atoms with Crippen LogP contribution in [0.5, 0.6) is 5.75 Å². The number of ether oxygens (including phenoxy) is 1. The van der Waals surface area contributed by atoms with Crippen molar-refractivity contribution < 1.29 is 17.9 Å². The minimum absolute atomic E-state index is 0.00859. The third-order valence-corrected chi connectivity index (χ3v) is 9.71. The Labute approximate surface area is 169 Å². The van der Waals surface area contributed by atoms with Gasteiger partial charge in [-0.3, -0.25) is 4.79 Å². The molecule has 0 spiro atoms. The Morgan fingerprint density at radius 1 is 1.14 bits per heavy atom. The lowest BCUT2D eigenvalue weighted by atomic mass is 9.93. The largest absolute Gasteiger partial charge is 0.484 e. The molecule has 0 radical (unpaired) electrons. The van der Waals surface area contributed by atoms with Gasteiger partial charge in [0.2, 0.25) is 0 Å². The summed E-state index contributed by atoms with van der Waals surface area (Å²) in [6.07, 6.45) is 4.82. The van der Waals surface area contributed by atoms with Crippen LogP contribution >= 0.6 is 11.8 Å². The highest BCUT2D eigenvalue weighted by Gasteiger charge is 2.54. The Morgan fingerprint density at radius 3 is 2.68 bits per heavy atom. The van der Waals surface area contributed by atoms with Crippen LogP contribution in [0.1, 0.15) is 25.7 Å². The molecule has 5 rings (SSSR count). The molecule has 150 valence electrons. The number of amides is 1. The molecule has 4 aliphatic rings. The van der Waals surface area contributed by atoms with Gasteiger partial charge in [0.1, 0.15) is 5.75 Å². The van der Waals surface area contributed by atoms with Gasteiger partial charge in [0, 0.05) is 11.3 Å². The molecule has 1 aromatic carbocycles. The van der Waals surface area contributed by atoms with E-state index in [4.69, 9.17) is 4.74 Å². The summed E-state index contributed by atoms with van der Waals surface area (Å²) in [4.78, 5) is 19.1. The zero-order chi connectivity index (χ0) is 19.3. The fraction of sp³-hybridized carbons (Fsp3) is 0.600. The number of rotatable bonds is 4. The topological polar surface area (TPSA) is 76.0 Å². The third-order valence-electron chi connectivity index (χ3n) is 6.49. The summed E-state index contributed by atoms with van der Waals surface area (Å²) >= 11 is 1.48. The van der Waals surface area contributed by atoms with Gasteiger partial charge in [-0.2, -0.15) is 4.99 Å². The highest BCUT2D eigenvalue weighted by atomic mass is 32.2. The van der Waals surface area contributed by atoms with E-state index in [1.54, 1.807) is 0 Å². The predicted molar refractivity (Wildman–Crippen MR) is 109 cm³/mol. The van der Waals surface area contributed by atoms with Crippen LogP contribution in [0, 0.1) is 11.8 Å². The second kappa shape index (κ2) is 7.06. The SMILES string of the molecule is O=C(COc1ccccc1)N=C1S[C@@H]2CS(=O)(=O)C[C@H]2N1[C@@H]1C[C@@H]2CC[C@@H]1C2. The van der Waals surface area contributed by atoms with Crippen LogP contribution < -0.4 is 4.74 Å². The molecule has 8 heteroatoms. The van der Waals surface area contributed by atoms with Crippen LogP contribution in [-0.2, 0) is 14.6 Å². The number of aliphatic imine (C=N–C) groups is 1. The maximum absolute atomic E-state index is 12.5. The molecule has 0 N–H and O–H groups in total. The molecule has 28 heavy (non-hydrogen) atoms. The summed E-state index contributed by atoms with van der Waals surface area (Å²) < 4.78 is 29.9. The molecule has 2 saturated carbocycles. The smallest absolute Gasteiger partial charge is 0.285 e. The molecule has 2 aliphatic carbocycles. The fourth-order valence-corrected chi connectivity index (χ4v) is 9.32. The number of para-hydroxylation sites is 1. The molecule has 1 aromatic rings. The Morgan fingerprint density at radius 2 is 1.96 bits per heavy atom. The minimum atomic E-state index is -3.01. The zero-order valence-electron chi connectivity index (χ0n) is 15.6. The predicted octanol–water partition coefficient (Wildman–Crippen LogP) is 2.35. The molecular formula is C20H24N2O4S2. The monoisotopic (exact) mass is 420 g/mol. The standard InChI is InChI=1S/C20H24N2O4S2/c23-19(10-26-15-4-2-1-3-5-15)21-20-22(16-9-13-6-7-14(16)8-13)17-11-28(24,25)12-18(17)27-20/h1-5,13-14,16-18H,6-12H2/t13-,14-,16-,17-,18-/m1/s1. The first kappa shape index (κ1) is 18.5. The van der Waals surface area contributed by atoms with Crippen molar-refractivity contribution in [3.63, 3.8) is 0 Å². The van der Waals surface area contributed by atoms with E-state index in [0.717, 1.165) is 12.3 Å². The highest BCUT2D eigenvalue weighted by molar-refractivity contribution is 8.15.